The van der Waals surface area contributed by atoms with Crippen molar-refractivity contribution in [1.29, 1.82) is 5.26 Å². The summed E-state index contributed by atoms with van der Waals surface area (Å²) >= 11 is 1.30. The van der Waals surface area contributed by atoms with Gasteiger partial charge in [0, 0.05) is 16.9 Å². The summed E-state index contributed by atoms with van der Waals surface area (Å²) in [5, 5.41) is 36.3. The summed E-state index contributed by atoms with van der Waals surface area (Å²) < 4.78 is 0. The summed E-state index contributed by atoms with van der Waals surface area (Å²) in [4.78, 5) is 9.54. The van der Waals surface area contributed by atoms with Crippen LogP contribution in [0.25, 0.3) is 0 Å². The molecule has 55 heavy (non-hydrogen) atoms. The van der Waals surface area contributed by atoms with Gasteiger partial charge >= 0.3 is 0 Å². The van der Waals surface area contributed by atoms with Crippen LogP contribution in [0.15, 0.2) is 99.3 Å². The third-order valence-corrected chi connectivity index (χ3v) is 10.5. The second-order valence-corrected chi connectivity index (χ2v) is 15.0. The second kappa shape index (κ2) is 22.2. The molecule has 0 unspecified atom stereocenters. The zero-order chi connectivity index (χ0) is 38.7. The van der Waals surface area contributed by atoms with Gasteiger partial charge < -0.3 is 10.6 Å². The van der Waals surface area contributed by atoms with Crippen LogP contribution in [0.1, 0.15) is 119 Å². The van der Waals surface area contributed by atoms with E-state index in [2.05, 4.69) is 105 Å². The fourth-order valence-corrected chi connectivity index (χ4v) is 7.05. The Labute approximate surface area is 331 Å². The molecule has 0 atom stereocenters. The minimum absolute atomic E-state index is 0.401. The van der Waals surface area contributed by atoms with Gasteiger partial charge in [-0.25, -0.2) is 9.97 Å². The molecule has 10 heteroatoms. The van der Waals surface area contributed by atoms with E-state index >= 15 is 0 Å². The van der Waals surface area contributed by atoms with E-state index in [9.17, 15) is 5.26 Å². The number of azo groups is 2. The molecular formula is C45H55N9S. The first-order chi connectivity index (χ1) is 27.0. The maximum atomic E-state index is 10.4. The van der Waals surface area contributed by atoms with Gasteiger partial charge in [-0.2, -0.15) is 5.26 Å². The summed E-state index contributed by atoms with van der Waals surface area (Å²) in [6, 6.07) is 28.9. The van der Waals surface area contributed by atoms with Crippen LogP contribution in [-0.4, -0.2) is 9.97 Å². The molecule has 5 rings (SSSR count). The molecule has 0 saturated carbocycles. The number of nitriles is 1. The van der Waals surface area contributed by atoms with Gasteiger partial charge in [0.1, 0.15) is 11.8 Å². The number of hydrogen-bond acceptors (Lipinski definition) is 10. The Kier molecular flexibility index (Phi) is 16.5. The van der Waals surface area contributed by atoms with Crippen LogP contribution in [0.4, 0.5) is 44.5 Å². The molecule has 286 valence electrons. The Hall–Kier alpha value is -5.27. The summed E-state index contributed by atoms with van der Waals surface area (Å²) in [6.07, 6.45) is 17.5. The molecule has 0 aliphatic heterocycles. The van der Waals surface area contributed by atoms with Crippen molar-refractivity contribution in [3.8, 4) is 6.07 Å². The number of unbranched alkanes of at least 4 members (excludes halogenated alkanes) is 10. The Balaban J connectivity index is 1.37. The first kappa shape index (κ1) is 40.9. The third-order valence-electron chi connectivity index (χ3n) is 9.61. The van der Waals surface area contributed by atoms with Crippen molar-refractivity contribution in [2.24, 2.45) is 20.5 Å². The highest BCUT2D eigenvalue weighted by molar-refractivity contribution is 7.19. The van der Waals surface area contributed by atoms with Crippen molar-refractivity contribution in [1.82, 2.24) is 9.97 Å². The monoisotopic (exact) mass is 753 g/mol. The van der Waals surface area contributed by atoms with Crippen LogP contribution in [0.2, 0.25) is 0 Å². The molecule has 0 aliphatic carbocycles. The van der Waals surface area contributed by atoms with E-state index < -0.39 is 0 Å². The Morgan fingerprint density at radius 2 is 1.15 bits per heavy atom. The molecule has 3 aromatic carbocycles. The number of nitrogens with zero attached hydrogens (tertiary/aromatic N) is 7. The van der Waals surface area contributed by atoms with E-state index in [1.54, 1.807) is 0 Å². The standard InChI is InChI=1S/C45H55N9S/c1-5-7-9-11-13-16-20-35-24-28-37(29-25-35)48-42-40(32-46)33(3)41(52-54-45-47-34(4)44(55-45)53-51-39-22-18-15-19-23-39)43(50-42)49-38-30-26-36(27-31-38)21-17-14-12-10-8-6-2/h15,18-19,22-31H,5-14,16-17,20-21H2,1-4H3,(H2,48,49,50). The molecule has 2 heterocycles. The molecule has 9 nitrogen and oxygen atoms in total. The largest absolute Gasteiger partial charge is 0.339 e. The SMILES string of the molecule is CCCCCCCCc1ccc(Nc2nc(Nc3ccc(CCCCCCCC)cc3)c(N=Nc3nc(C)c(N=Nc4ccccc4)s3)c(C)c2C#N)cc1. The van der Waals surface area contributed by atoms with Crippen LogP contribution in [0.3, 0.4) is 0 Å². The molecule has 0 amide bonds. The van der Waals surface area contributed by atoms with Crippen molar-refractivity contribution >= 4 is 55.9 Å². The normalized spacial score (nSPS) is 11.4. The first-order valence-corrected chi connectivity index (χ1v) is 20.8. The number of aryl methyl sites for hydroxylation is 3. The van der Waals surface area contributed by atoms with E-state index in [0.717, 1.165) is 29.9 Å². The highest BCUT2D eigenvalue weighted by atomic mass is 32.1. The van der Waals surface area contributed by atoms with Crippen molar-refractivity contribution in [2.45, 2.75) is 118 Å². The van der Waals surface area contributed by atoms with Gasteiger partial charge in [-0.3, -0.25) is 0 Å². The predicted octanol–water partition coefficient (Wildman–Crippen LogP) is 15.2. The van der Waals surface area contributed by atoms with E-state index in [4.69, 9.17) is 4.98 Å². The van der Waals surface area contributed by atoms with Crippen LogP contribution in [0.5, 0.6) is 0 Å². The summed E-state index contributed by atoms with van der Waals surface area (Å²) in [5.41, 5.74) is 7.35. The Morgan fingerprint density at radius 3 is 1.71 bits per heavy atom. The molecule has 0 fully saturated rings. The third kappa shape index (κ3) is 12.9. The number of benzene rings is 3. The van der Waals surface area contributed by atoms with E-state index in [1.807, 2.05) is 44.2 Å². The zero-order valence-corrected chi connectivity index (χ0v) is 33.8. The highest BCUT2D eigenvalue weighted by Crippen LogP contribution is 2.39. The van der Waals surface area contributed by atoms with Crippen molar-refractivity contribution in [2.75, 3.05) is 10.6 Å². The predicted molar refractivity (Wildman–Crippen MR) is 229 cm³/mol. The average molecular weight is 754 g/mol. The first-order valence-electron chi connectivity index (χ1n) is 20.0. The lowest BCUT2D eigenvalue weighted by atomic mass is 10.0. The van der Waals surface area contributed by atoms with Crippen molar-refractivity contribution in [3.63, 3.8) is 0 Å². The van der Waals surface area contributed by atoms with Crippen LogP contribution in [0, 0.1) is 25.2 Å². The maximum Gasteiger partial charge on any atom is 0.232 e. The van der Waals surface area contributed by atoms with Gasteiger partial charge in [0.15, 0.2) is 16.6 Å². The van der Waals surface area contributed by atoms with E-state index in [-0.39, 0.29) is 0 Å². The molecule has 0 radical (unpaired) electrons. The lowest BCUT2D eigenvalue weighted by Crippen LogP contribution is -2.04. The molecule has 0 aliphatic rings. The lowest BCUT2D eigenvalue weighted by molar-refractivity contribution is 0.607. The minimum atomic E-state index is 0.401. The van der Waals surface area contributed by atoms with E-state index in [1.165, 1.54) is 99.5 Å². The summed E-state index contributed by atoms with van der Waals surface area (Å²) in [7, 11) is 0. The van der Waals surface area contributed by atoms with Crippen LogP contribution in [-0.2, 0) is 12.8 Å². The smallest absolute Gasteiger partial charge is 0.232 e. The number of rotatable bonds is 22. The quantitative estimate of drug-likeness (QED) is 0.0538. The van der Waals surface area contributed by atoms with Gasteiger partial charge in [0.2, 0.25) is 5.13 Å². The summed E-state index contributed by atoms with van der Waals surface area (Å²) in [5.74, 6) is 0.946. The van der Waals surface area contributed by atoms with E-state index in [0.29, 0.717) is 44.3 Å². The second-order valence-electron chi connectivity index (χ2n) is 14.1. The zero-order valence-electron chi connectivity index (χ0n) is 32.9. The fourth-order valence-electron chi connectivity index (χ4n) is 6.33. The number of pyridine rings is 1. The lowest BCUT2D eigenvalue weighted by Gasteiger charge is -2.16. The molecular weight excluding hydrogens is 699 g/mol. The van der Waals surface area contributed by atoms with Crippen LogP contribution >= 0.6 is 11.3 Å². The molecule has 0 saturated heterocycles. The van der Waals surface area contributed by atoms with Gasteiger partial charge in [-0.05, 0) is 87.1 Å². The molecule has 5 aromatic rings. The molecule has 2 N–H and O–H groups in total. The number of aromatic nitrogens is 2. The van der Waals surface area contributed by atoms with Gasteiger partial charge in [-0.1, -0.05) is 132 Å². The number of hydrogen-bond donors (Lipinski definition) is 2. The molecule has 2 aromatic heterocycles. The number of anilines is 4. The van der Waals surface area contributed by atoms with Crippen molar-refractivity contribution in [3.05, 3.63) is 107 Å². The Bertz CT molecular complexity index is 2010. The molecule has 0 bridgehead atoms. The topological polar surface area (TPSA) is 123 Å². The minimum Gasteiger partial charge on any atom is -0.339 e. The summed E-state index contributed by atoms with van der Waals surface area (Å²) in [6.45, 7) is 8.26. The van der Waals surface area contributed by atoms with Gasteiger partial charge in [-0.15, -0.1) is 20.5 Å². The molecule has 0 spiro atoms. The highest BCUT2D eigenvalue weighted by Gasteiger charge is 2.19. The maximum absolute atomic E-state index is 10.4. The number of thiazole rings is 1. The number of nitrogens with one attached hydrogen (secondary N) is 2. The van der Waals surface area contributed by atoms with Gasteiger partial charge in [0.05, 0.1) is 16.9 Å². The van der Waals surface area contributed by atoms with Crippen LogP contribution < -0.4 is 10.6 Å². The van der Waals surface area contributed by atoms with Crippen molar-refractivity contribution < 1.29 is 0 Å². The van der Waals surface area contributed by atoms with Gasteiger partial charge in [0.25, 0.3) is 0 Å². The average Bonchev–Trinajstić information content (AvgIpc) is 3.56. The fraction of sp³-hybridized carbons (Fsp3) is 0.400. The Morgan fingerprint density at radius 1 is 0.600 bits per heavy atom.